The van der Waals surface area contributed by atoms with Gasteiger partial charge in [0.25, 0.3) is 0 Å². The molecule has 0 saturated heterocycles. The largest absolute Gasteiger partial charge is 0.307 e. The number of nitrogens with zero attached hydrogens (tertiary/aromatic N) is 2. The molecule has 114 valence electrons. The molecule has 0 radical (unpaired) electrons. The molecule has 0 aliphatic carbocycles. The Morgan fingerprint density at radius 2 is 2.10 bits per heavy atom. The fraction of sp³-hybridized carbons (Fsp3) is 0.357. The molecule has 1 aromatic carbocycles. The molecule has 3 N–H and O–H groups in total. The van der Waals surface area contributed by atoms with Crippen molar-refractivity contribution in [3.8, 4) is 0 Å². The van der Waals surface area contributed by atoms with Crippen molar-refractivity contribution in [1.29, 1.82) is 0 Å². The minimum atomic E-state index is -3.65. The fourth-order valence-electron chi connectivity index (χ4n) is 2.09. The smallest absolute Gasteiger partial charge is 0.238 e. The summed E-state index contributed by atoms with van der Waals surface area (Å²) < 4.78 is 24.6. The van der Waals surface area contributed by atoms with Gasteiger partial charge in [0.2, 0.25) is 10.0 Å². The molecule has 1 heterocycles. The first-order valence-corrected chi connectivity index (χ1v) is 8.38. The lowest BCUT2D eigenvalue weighted by molar-refractivity contribution is 0.549. The summed E-state index contributed by atoms with van der Waals surface area (Å²) in [6, 6.07) is 8.62. The van der Waals surface area contributed by atoms with Crippen molar-refractivity contribution in [2.75, 3.05) is 0 Å². The SMILES string of the molecule is CCCn1nccc1CNCc1cccc(S(N)(=O)=O)c1. The zero-order valence-electron chi connectivity index (χ0n) is 12.0. The van der Waals surface area contributed by atoms with Crippen LogP contribution in [-0.2, 0) is 29.7 Å². The van der Waals surface area contributed by atoms with Crippen LogP contribution in [0.4, 0.5) is 0 Å². The van der Waals surface area contributed by atoms with Crippen molar-refractivity contribution >= 4 is 10.0 Å². The molecule has 2 aromatic rings. The predicted octanol–water partition coefficient (Wildman–Crippen LogP) is 1.23. The summed E-state index contributed by atoms with van der Waals surface area (Å²) in [5.74, 6) is 0. The molecular formula is C14H20N4O2S. The number of sulfonamides is 1. The molecule has 7 heteroatoms. The summed E-state index contributed by atoms with van der Waals surface area (Å²) in [4.78, 5) is 0.137. The Labute approximate surface area is 125 Å². The van der Waals surface area contributed by atoms with E-state index in [0.29, 0.717) is 13.1 Å². The summed E-state index contributed by atoms with van der Waals surface area (Å²) in [5.41, 5.74) is 1.99. The van der Waals surface area contributed by atoms with Crippen LogP contribution >= 0.6 is 0 Å². The van der Waals surface area contributed by atoms with E-state index in [4.69, 9.17) is 5.14 Å². The van der Waals surface area contributed by atoms with Gasteiger partial charge < -0.3 is 5.32 Å². The lowest BCUT2D eigenvalue weighted by Gasteiger charge is -2.08. The van der Waals surface area contributed by atoms with Crippen LogP contribution in [0.5, 0.6) is 0 Å². The molecular weight excluding hydrogens is 288 g/mol. The molecule has 0 fully saturated rings. The van der Waals surface area contributed by atoms with Gasteiger partial charge in [-0.3, -0.25) is 4.68 Å². The van der Waals surface area contributed by atoms with Gasteiger partial charge in [-0.25, -0.2) is 13.6 Å². The van der Waals surface area contributed by atoms with Gasteiger partial charge in [-0.15, -0.1) is 0 Å². The highest BCUT2D eigenvalue weighted by Gasteiger charge is 2.08. The maximum absolute atomic E-state index is 11.3. The highest BCUT2D eigenvalue weighted by Crippen LogP contribution is 2.10. The Kier molecular flexibility index (Phi) is 5.11. The van der Waals surface area contributed by atoms with Gasteiger partial charge in [0.1, 0.15) is 0 Å². The van der Waals surface area contributed by atoms with Gasteiger partial charge >= 0.3 is 0 Å². The second-order valence-electron chi connectivity index (χ2n) is 4.84. The van der Waals surface area contributed by atoms with Gasteiger partial charge in [0.05, 0.1) is 10.6 Å². The van der Waals surface area contributed by atoms with E-state index in [1.165, 1.54) is 6.07 Å². The van der Waals surface area contributed by atoms with E-state index in [1.807, 2.05) is 16.8 Å². The summed E-state index contributed by atoms with van der Waals surface area (Å²) in [6.45, 7) is 4.25. The Morgan fingerprint density at radius 1 is 1.29 bits per heavy atom. The van der Waals surface area contributed by atoms with E-state index in [-0.39, 0.29) is 4.90 Å². The van der Waals surface area contributed by atoms with Gasteiger partial charge in [0, 0.05) is 25.8 Å². The van der Waals surface area contributed by atoms with Crippen molar-refractivity contribution < 1.29 is 8.42 Å². The van der Waals surface area contributed by atoms with E-state index >= 15 is 0 Å². The van der Waals surface area contributed by atoms with E-state index in [0.717, 1.165) is 24.2 Å². The number of hydrogen-bond donors (Lipinski definition) is 2. The molecule has 21 heavy (non-hydrogen) atoms. The van der Waals surface area contributed by atoms with Crippen LogP contribution in [0.1, 0.15) is 24.6 Å². The molecule has 2 rings (SSSR count). The minimum absolute atomic E-state index is 0.137. The lowest BCUT2D eigenvalue weighted by atomic mass is 10.2. The standard InChI is InChI=1S/C14H20N4O2S/c1-2-8-18-13(6-7-17-18)11-16-10-12-4-3-5-14(9-12)21(15,19)20/h3-7,9,16H,2,8,10-11H2,1H3,(H2,15,19,20). The monoisotopic (exact) mass is 308 g/mol. The third-order valence-corrected chi connectivity index (χ3v) is 4.01. The lowest BCUT2D eigenvalue weighted by Crippen LogP contribution is -2.17. The number of benzene rings is 1. The summed E-state index contributed by atoms with van der Waals surface area (Å²) in [5, 5.41) is 12.7. The number of primary sulfonamides is 1. The number of aryl methyl sites for hydroxylation is 1. The second-order valence-corrected chi connectivity index (χ2v) is 6.40. The van der Waals surface area contributed by atoms with Crippen LogP contribution in [0.25, 0.3) is 0 Å². The molecule has 6 nitrogen and oxygen atoms in total. The summed E-state index contributed by atoms with van der Waals surface area (Å²) in [6.07, 6.45) is 2.82. The maximum atomic E-state index is 11.3. The zero-order chi connectivity index (χ0) is 15.3. The van der Waals surface area contributed by atoms with E-state index in [1.54, 1.807) is 18.3 Å². The molecule has 0 atom stereocenters. The van der Waals surface area contributed by atoms with Crippen molar-refractivity contribution in [3.63, 3.8) is 0 Å². The van der Waals surface area contributed by atoms with Crippen LogP contribution in [0.3, 0.4) is 0 Å². The molecule has 0 amide bonds. The minimum Gasteiger partial charge on any atom is -0.307 e. The average molecular weight is 308 g/mol. The third-order valence-electron chi connectivity index (χ3n) is 3.10. The van der Waals surface area contributed by atoms with Gasteiger partial charge in [-0.1, -0.05) is 19.1 Å². The Morgan fingerprint density at radius 3 is 2.81 bits per heavy atom. The number of nitrogens with one attached hydrogen (secondary N) is 1. The summed E-state index contributed by atoms with van der Waals surface area (Å²) >= 11 is 0. The Hall–Kier alpha value is -1.70. The van der Waals surface area contributed by atoms with Crippen LogP contribution in [0.15, 0.2) is 41.4 Å². The number of rotatable bonds is 7. The average Bonchev–Trinajstić information content (AvgIpc) is 2.86. The van der Waals surface area contributed by atoms with E-state index in [2.05, 4.69) is 17.3 Å². The number of aromatic nitrogens is 2. The van der Waals surface area contributed by atoms with Crippen LogP contribution in [0.2, 0.25) is 0 Å². The fourth-order valence-corrected chi connectivity index (χ4v) is 2.67. The normalized spacial score (nSPS) is 11.7. The van der Waals surface area contributed by atoms with Crippen molar-refractivity contribution in [2.45, 2.75) is 37.9 Å². The molecule has 0 aliphatic rings. The van der Waals surface area contributed by atoms with E-state index in [9.17, 15) is 8.42 Å². The highest BCUT2D eigenvalue weighted by atomic mass is 32.2. The van der Waals surface area contributed by atoms with Gasteiger partial charge in [-0.2, -0.15) is 5.10 Å². The molecule has 0 aliphatic heterocycles. The van der Waals surface area contributed by atoms with E-state index < -0.39 is 10.0 Å². The Balaban J connectivity index is 1.96. The zero-order valence-corrected chi connectivity index (χ0v) is 12.8. The van der Waals surface area contributed by atoms with Crippen LogP contribution in [-0.4, -0.2) is 18.2 Å². The highest BCUT2D eigenvalue weighted by molar-refractivity contribution is 7.89. The molecule has 0 spiro atoms. The second kappa shape index (κ2) is 6.84. The number of nitrogens with two attached hydrogens (primary N) is 1. The first-order chi connectivity index (χ1) is 10.0. The predicted molar refractivity (Wildman–Crippen MR) is 80.9 cm³/mol. The van der Waals surface area contributed by atoms with Crippen LogP contribution in [0, 0.1) is 0 Å². The van der Waals surface area contributed by atoms with Crippen molar-refractivity contribution in [2.24, 2.45) is 5.14 Å². The molecule has 0 bridgehead atoms. The van der Waals surface area contributed by atoms with Crippen molar-refractivity contribution in [3.05, 3.63) is 47.8 Å². The van der Waals surface area contributed by atoms with Gasteiger partial charge in [0.15, 0.2) is 0 Å². The first-order valence-electron chi connectivity index (χ1n) is 6.84. The first kappa shape index (κ1) is 15.7. The van der Waals surface area contributed by atoms with Gasteiger partial charge in [-0.05, 0) is 30.2 Å². The quantitative estimate of drug-likeness (QED) is 0.805. The van der Waals surface area contributed by atoms with Crippen molar-refractivity contribution in [1.82, 2.24) is 15.1 Å². The Bertz CT molecular complexity index is 695. The third kappa shape index (κ3) is 4.38. The van der Waals surface area contributed by atoms with Crippen LogP contribution < -0.4 is 10.5 Å². The number of hydrogen-bond acceptors (Lipinski definition) is 4. The topological polar surface area (TPSA) is 90.0 Å². The maximum Gasteiger partial charge on any atom is 0.238 e. The summed E-state index contributed by atoms with van der Waals surface area (Å²) in [7, 11) is -3.65. The molecule has 1 aromatic heterocycles. The molecule has 0 saturated carbocycles. The molecule has 0 unspecified atom stereocenters.